The Morgan fingerprint density at radius 2 is 1.66 bits per heavy atom. The summed E-state index contributed by atoms with van der Waals surface area (Å²) in [7, 11) is -3.26. The number of para-hydroxylation sites is 1. The smallest absolute Gasteiger partial charge is 0.307 e. The number of sulfonamides is 1. The highest BCUT2D eigenvalue weighted by Crippen LogP contribution is 2.29. The van der Waals surface area contributed by atoms with E-state index < -0.39 is 16.0 Å². The molecule has 1 aliphatic rings. The van der Waals surface area contributed by atoms with Crippen molar-refractivity contribution in [2.24, 2.45) is 0 Å². The predicted octanol–water partition coefficient (Wildman–Crippen LogP) is 3.52. The third-order valence-corrected chi connectivity index (χ3v) is 10.7. The SMILES string of the molecule is CCCCc1nc2c(N)nc3ccccc3c2n1CCCN(Cc1ccc(CC(=O)O)cc1)C(=O)CN1CCN(S(=O)(=O)CC)CC1. The van der Waals surface area contributed by atoms with Gasteiger partial charge in [-0.2, -0.15) is 4.31 Å². The molecule has 3 heterocycles. The average molecular weight is 664 g/mol. The maximum absolute atomic E-state index is 13.8. The van der Waals surface area contributed by atoms with Gasteiger partial charge in [-0.25, -0.2) is 18.4 Å². The van der Waals surface area contributed by atoms with E-state index in [1.165, 1.54) is 4.31 Å². The average Bonchev–Trinajstić information content (AvgIpc) is 3.43. The lowest BCUT2D eigenvalue weighted by Crippen LogP contribution is -2.51. The number of carboxylic acids is 1. The Bertz CT molecular complexity index is 1820. The molecule has 252 valence electrons. The van der Waals surface area contributed by atoms with E-state index in [4.69, 9.17) is 15.8 Å². The van der Waals surface area contributed by atoms with Crippen molar-refractivity contribution in [1.29, 1.82) is 0 Å². The lowest BCUT2D eigenvalue weighted by atomic mass is 10.1. The number of rotatable bonds is 15. The summed E-state index contributed by atoms with van der Waals surface area (Å²) in [6.07, 6.45) is 3.45. The molecule has 1 aliphatic heterocycles. The van der Waals surface area contributed by atoms with Gasteiger partial charge < -0.3 is 20.3 Å². The first-order valence-corrected chi connectivity index (χ1v) is 18.0. The molecule has 3 N–H and O–H groups in total. The first-order valence-electron chi connectivity index (χ1n) is 16.4. The van der Waals surface area contributed by atoms with E-state index in [0.29, 0.717) is 69.1 Å². The number of carboxylic acid groups (broad SMARTS) is 1. The molecular formula is C34H45N7O5S. The van der Waals surface area contributed by atoms with Crippen LogP contribution in [0.15, 0.2) is 48.5 Å². The molecule has 1 fully saturated rings. The van der Waals surface area contributed by atoms with Gasteiger partial charge in [-0.1, -0.05) is 55.8 Å². The van der Waals surface area contributed by atoms with Crippen LogP contribution in [0, 0.1) is 0 Å². The minimum absolute atomic E-state index is 0.0352. The number of nitrogen functional groups attached to an aromatic ring is 1. The van der Waals surface area contributed by atoms with Crippen LogP contribution in [-0.2, 0) is 45.5 Å². The molecule has 0 spiro atoms. The Kier molecular flexibility index (Phi) is 11.1. The Morgan fingerprint density at radius 1 is 0.957 bits per heavy atom. The van der Waals surface area contributed by atoms with E-state index in [1.807, 2.05) is 46.2 Å². The fourth-order valence-electron chi connectivity index (χ4n) is 6.18. The number of benzene rings is 2. The highest BCUT2D eigenvalue weighted by Gasteiger charge is 2.27. The van der Waals surface area contributed by atoms with Crippen molar-refractivity contribution in [2.45, 2.75) is 59.0 Å². The molecule has 0 atom stereocenters. The summed E-state index contributed by atoms with van der Waals surface area (Å²) >= 11 is 0. The summed E-state index contributed by atoms with van der Waals surface area (Å²) < 4.78 is 28.4. The number of nitrogens with two attached hydrogens (primary N) is 1. The highest BCUT2D eigenvalue weighted by molar-refractivity contribution is 7.89. The lowest BCUT2D eigenvalue weighted by molar-refractivity contribution is -0.136. The van der Waals surface area contributed by atoms with E-state index in [9.17, 15) is 18.0 Å². The second kappa shape index (κ2) is 15.2. The van der Waals surface area contributed by atoms with Gasteiger partial charge in [-0.15, -0.1) is 0 Å². The van der Waals surface area contributed by atoms with Gasteiger partial charge in [0.2, 0.25) is 15.9 Å². The van der Waals surface area contributed by atoms with Crippen molar-refractivity contribution in [3.05, 3.63) is 65.5 Å². The number of anilines is 1. The summed E-state index contributed by atoms with van der Waals surface area (Å²) in [6, 6.07) is 15.3. The van der Waals surface area contributed by atoms with E-state index in [0.717, 1.165) is 47.1 Å². The minimum atomic E-state index is -3.26. The number of imidazole rings is 1. The number of unbranched alkanes of at least 4 members (excludes halogenated alkanes) is 1. The first-order chi connectivity index (χ1) is 22.6. The van der Waals surface area contributed by atoms with Crippen LogP contribution >= 0.6 is 0 Å². The Morgan fingerprint density at radius 3 is 2.34 bits per heavy atom. The number of carbonyl (C=O) groups excluding carboxylic acids is 1. The molecule has 0 bridgehead atoms. The molecule has 1 saturated heterocycles. The summed E-state index contributed by atoms with van der Waals surface area (Å²) in [4.78, 5) is 38.4. The predicted molar refractivity (Wildman–Crippen MR) is 183 cm³/mol. The Labute approximate surface area is 276 Å². The van der Waals surface area contributed by atoms with Crippen LogP contribution in [0.1, 0.15) is 50.1 Å². The zero-order chi connectivity index (χ0) is 33.6. The fraction of sp³-hybridized carbons (Fsp3) is 0.471. The maximum atomic E-state index is 13.8. The van der Waals surface area contributed by atoms with Crippen LogP contribution in [0.5, 0.6) is 0 Å². The number of amides is 1. The van der Waals surface area contributed by atoms with Crippen LogP contribution in [0.25, 0.3) is 21.9 Å². The molecule has 2 aromatic carbocycles. The first kappa shape index (κ1) is 34.3. The maximum Gasteiger partial charge on any atom is 0.307 e. The molecule has 13 heteroatoms. The van der Waals surface area contributed by atoms with Crippen molar-refractivity contribution in [3.8, 4) is 0 Å². The van der Waals surface area contributed by atoms with Crippen molar-refractivity contribution >= 4 is 49.7 Å². The number of nitrogens with zero attached hydrogens (tertiary/aromatic N) is 6. The molecule has 0 unspecified atom stereocenters. The zero-order valence-corrected chi connectivity index (χ0v) is 28.1. The van der Waals surface area contributed by atoms with Gasteiger partial charge in [0.1, 0.15) is 11.3 Å². The standard InChI is InChI=1S/C34H45N7O5S/c1-3-5-11-29-37-32-33(27-9-6-7-10-28(27)36-34(32)35)41(29)17-8-16-39(23-26-14-12-25(13-15-26)22-31(43)44)30(42)24-38-18-20-40(21-19-38)47(45,46)4-2/h6-7,9-10,12-15H,3-5,8,11,16-24H2,1-2H3,(H2,35,36)(H,43,44). The highest BCUT2D eigenvalue weighted by atomic mass is 32.2. The van der Waals surface area contributed by atoms with E-state index in [2.05, 4.69) is 16.5 Å². The van der Waals surface area contributed by atoms with Gasteiger partial charge in [-0.05, 0) is 37.0 Å². The number of aromatic nitrogens is 3. The normalized spacial score (nSPS) is 14.6. The molecule has 47 heavy (non-hydrogen) atoms. The van der Waals surface area contributed by atoms with Crippen LogP contribution in [0.4, 0.5) is 5.82 Å². The van der Waals surface area contributed by atoms with Crippen LogP contribution in [0.2, 0.25) is 0 Å². The molecular weight excluding hydrogens is 618 g/mol. The van der Waals surface area contributed by atoms with E-state index >= 15 is 0 Å². The number of hydrogen-bond donors (Lipinski definition) is 2. The van der Waals surface area contributed by atoms with E-state index in [1.54, 1.807) is 19.1 Å². The number of aliphatic carboxylic acids is 1. The number of pyridine rings is 1. The van der Waals surface area contributed by atoms with Crippen molar-refractivity contribution < 1.29 is 23.1 Å². The number of carbonyl (C=O) groups is 2. The number of aryl methyl sites for hydroxylation is 2. The van der Waals surface area contributed by atoms with Crippen molar-refractivity contribution in [1.82, 2.24) is 28.6 Å². The minimum Gasteiger partial charge on any atom is -0.481 e. The largest absolute Gasteiger partial charge is 0.481 e. The van der Waals surface area contributed by atoms with Crippen molar-refractivity contribution in [2.75, 3.05) is 50.8 Å². The summed E-state index contributed by atoms with van der Waals surface area (Å²) in [6.45, 7) is 7.22. The number of piperazine rings is 1. The number of fused-ring (bicyclic) bond motifs is 3. The fourth-order valence-corrected chi connectivity index (χ4v) is 7.27. The molecule has 0 aliphatic carbocycles. The third-order valence-electron chi connectivity index (χ3n) is 8.81. The zero-order valence-electron chi connectivity index (χ0n) is 27.3. The summed E-state index contributed by atoms with van der Waals surface area (Å²) in [5, 5.41) is 10.1. The van der Waals surface area contributed by atoms with Gasteiger partial charge in [0.05, 0.1) is 29.8 Å². The van der Waals surface area contributed by atoms with Crippen LogP contribution in [0.3, 0.4) is 0 Å². The molecule has 2 aromatic heterocycles. The Balaban J connectivity index is 1.35. The van der Waals surface area contributed by atoms with Gasteiger partial charge in [0, 0.05) is 57.6 Å². The molecule has 1 amide bonds. The van der Waals surface area contributed by atoms with Crippen LogP contribution < -0.4 is 5.73 Å². The lowest BCUT2D eigenvalue weighted by Gasteiger charge is -2.34. The molecule has 4 aromatic rings. The van der Waals surface area contributed by atoms with Crippen LogP contribution in [-0.4, -0.2) is 99.1 Å². The second-order valence-corrected chi connectivity index (χ2v) is 14.4. The van der Waals surface area contributed by atoms with E-state index in [-0.39, 0.29) is 24.6 Å². The van der Waals surface area contributed by atoms with Gasteiger partial charge in [0.15, 0.2) is 5.82 Å². The molecule has 5 rings (SSSR count). The molecule has 12 nitrogen and oxygen atoms in total. The topological polar surface area (TPSA) is 155 Å². The summed E-state index contributed by atoms with van der Waals surface area (Å²) in [5.41, 5.74) is 10.5. The molecule has 0 saturated carbocycles. The third kappa shape index (κ3) is 8.27. The number of hydrogen-bond acceptors (Lipinski definition) is 8. The van der Waals surface area contributed by atoms with Gasteiger partial charge in [-0.3, -0.25) is 14.5 Å². The van der Waals surface area contributed by atoms with Gasteiger partial charge >= 0.3 is 5.97 Å². The van der Waals surface area contributed by atoms with Gasteiger partial charge in [0.25, 0.3) is 0 Å². The monoisotopic (exact) mass is 663 g/mol. The molecule has 0 radical (unpaired) electrons. The quantitative estimate of drug-likeness (QED) is 0.194. The second-order valence-electron chi connectivity index (χ2n) is 12.1. The van der Waals surface area contributed by atoms with Crippen molar-refractivity contribution in [3.63, 3.8) is 0 Å². The Hall–Kier alpha value is -4.07. The summed E-state index contributed by atoms with van der Waals surface area (Å²) in [5.74, 6) is 0.503.